The third kappa shape index (κ3) is 5.66. The summed E-state index contributed by atoms with van der Waals surface area (Å²) in [5.74, 6) is -1.70. The van der Waals surface area contributed by atoms with Crippen molar-refractivity contribution in [2.24, 2.45) is 10.8 Å². The Morgan fingerprint density at radius 3 is 1.23 bits per heavy atom. The molecular formula is C44H53Cl2HfSi. The summed E-state index contributed by atoms with van der Waals surface area (Å²) in [6.45, 7) is 23.7. The Kier molecular flexibility index (Phi) is 9.45. The van der Waals surface area contributed by atoms with Crippen LogP contribution in [-0.4, -0.2) is 5.98 Å². The Balaban J connectivity index is 1.67. The minimum absolute atomic E-state index is 0.0500. The van der Waals surface area contributed by atoms with Crippen LogP contribution in [0.25, 0.3) is 34.4 Å². The molecule has 0 amide bonds. The third-order valence-corrected chi connectivity index (χ3v) is 83.9. The van der Waals surface area contributed by atoms with E-state index in [4.69, 9.17) is 17.2 Å². The van der Waals surface area contributed by atoms with Crippen LogP contribution in [0, 0.1) is 10.8 Å². The van der Waals surface area contributed by atoms with E-state index in [1.165, 1.54) is 66.8 Å². The number of fused-ring (bicyclic) bond motifs is 2. The average Bonchev–Trinajstić information content (AvgIpc) is 3.66. The number of hydrogen-bond acceptors (Lipinski definition) is 0. The van der Waals surface area contributed by atoms with Crippen LogP contribution in [0.3, 0.4) is 0 Å². The minimum atomic E-state index is -5.16. The zero-order valence-corrected chi connectivity index (χ0v) is 36.9. The molecule has 6 rings (SSSR count). The first-order valence-electron chi connectivity index (χ1n) is 18.0. The van der Waals surface area contributed by atoms with Gasteiger partial charge < -0.3 is 0 Å². The molecule has 4 aromatic carbocycles. The van der Waals surface area contributed by atoms with Gasteiger partial charge in [-0.15, -0.1) is 0 Å². The molecule has 0 radical (unpaired) electrons. The second-order valence-corrected chi connectivity index (χ2v) is 75.9. The molecule has 2 unspecified atom stereocenters. The van der Waals surface area contributed by atoms with Crippen LogP contribution < -0.4 is 0 Å². The molecule has 4 heteroatoms. The molecule has 48 heavy (non-hydrogen) atoms. The molecule has 2 atom stereocenters. The third-order valence-electron chi connectivity index (χ3n) is 11.4. The Bertz CT molecular complexity index is 1810. The first-order chi connectivity index (χ1) is 22.5. The Hall–Kier alpha value is -1.97. The van der Waals surface area contributed by atoms with Gasteiger partial charge in [0.25, 0.3) is 0 Å². The van der Waals surface area contributed by atoms with E-state index in [0.717, 1.165) is 12.8 Å². The summed E-state index contributed by atoms with van der Waals surface area (Å²) in [6.07, 6.45) is 7.03. The molecule has 0 heterocycles. The van der Waals surface area contributed by atoms with Crippen molar-refractivity contribution in [3.63, 3.8) is 0 Å². The number of benzene rings is 4. The molecule has 0 spiro atoms. The van der Waals surface area contributed by atoms with Crippen LogP contribution in [0.2, 0.25) is 13.1 Å². The first kappa shape index (κ1) is 35.8. The quantitative estimate of drug-likeness (QED) is 0.162. The fraction of sp³-hybridized carbons (Fsp3) is 0.364. The van der Waals surface area contributed by atoms with Gasteiger partial charge in [-0.3, -0.25) is 0 Å². The molecule has 0 aliphatic heterocycles. The van der Waals surface area contributed by atoms with Gasteiger partial charge in [-0.1, -0.05) is 0 Å². The van der Waals surface area contributed by atoms with Crippen LogP contribution in [0.15, 0.2) is 96.1 Å². The standard InChI is InChI=1S/2C21H23.C2H7Si.2ClH.Hf/c2*1-5-15-9-6-7-11-18(15)19-12-8-10-16-13-17(14-20(16)19)21(2,3)4;1-3-2;;;/h2*6-14H,5H2,1-4H3;3H,1-2H3;2*1H;/q;;;;;+2/p-2. The van der Waals surface area contributed by atoms with E-state index >= 15 is 0 Å². The molecule has 0 saturated heterocycles. The van der Waals surface area contributed by atoms with E-state index in [-0.39, 0.29) is 18.2 Å². The van der Waals surface area contributed by atoms with Crippen LogP contribution >= 0.6 is 17.2 Å². The summed E-state index contributed by atoms with van der Waals surface area (Å²) >= 11 is -5.16. The molecule has 0 N–H and O–H groups in total. The van der Waals surface area contributed by atoms with Gasteiger partial charge in [0.05, 0.1) is 0 Å². The summed E-state index contributed by atoms with van der Waals surface area (Å²) in [7, 11) is 17.8. The number of aryl methyl sites for hydroxylation is 2. The van der Waals surface area contributed by atoms with Gasteiger partial charge in [-0.2, -0.15) is 0 Å². The van der Waals surface area contributed by atoms with Crippen molar-refractivity contribution in [1.29, 1.82) is 0 Å². The van der Waals surface area contributed by atoms with Crippen molar-refractivity contribution in [3.05, 3.63) is 129 Å². The summed E-state index contributed by atoms with van der Waals surface area (Å²) < 4.78 is 0.100. The first-order valence-corrected chi connectivity index (χ1v) is 40.1. The second kappa shape index (κ2) is 12.7. The van der Waals surface area contributed by atoms with Crippen molar-refractivity contribution in [2.45, 2.75) is 88.7 Å². The van der Waals surface area contributed by atoms with Crippen molar-refractivity contribution >= 4 is 35.3 Å². The van der Waals surface area contributed by atoms with Crippen LogP contribution in [-0.2, 0) is 28.1 Å². The van der Waals surface area contributed by atoms with Crippen LogP contribution in [0.1, 0.15) is 96.1 Å². The maximum absolute atomic E-state index is 8.88. The van der Waals surface area contributed by atoms with Gasteiger partial charge in [-0.25, -0.2) is 0 Å². The topological polar surface area (TPSA) is 0 Å². The van der Waals surface area contributed by atoms with Gasteiger partial charge in [-0.05, 0) is 0 Å². The fourth-order valence-corrected chi connectivity index (χ4v) is 53.3. The zero-order valence-electron chi connectivity index (χ0n) is 30.6. The van der Waals surface area contributed by atoms with E-state index in [9.17, 15) is 0 Å². The maximum atomic E-state index is 8.88. The summed E-state index contributed by atoms with van der Waals surface area (Å²) in [6, 6.07) is 31.7. The van der Waals surface area contributed by atoms with Gasteiger partial charge in [0, 0.05) is 0 Å². The SMILES string of the molecule is CCc1ccccc1-c1cccc2c1C=C(C(C)(C)C)[CH]2[Hf]([Cl])([Cl])([CH]1C(C(C)(C)C)=Cc2c(-c3ccccc3CC)cccc21)[SiH](C)C. The Morgan fingerprint density at radius 1 is 0.542 bits per heavy atom. The number of hydrogen-bond donors (Lipinski definition) is 0. The molecule has 0 aromatic heterocycles. The van der Waals surface area contributed by atoms with E-state index in [1.54, 1.807) is 0 Å². The molecule has 2 aliphatic rings. The molecule has 251 valence electrons. The normalized spacial score (nSPS) is 18.6. The van der Waals surface area contributed by atoms with Crippen LogP contribution in [0.5, 0.6) is 0 Å². The predicted molar refractivity (Wildman–Crippen MR) is 213 cm³/mol. The van der Waals surface area contributed by atoms with Crippen molar-refractivity contribution < 1.29 is 15.3 Å². The molecule has 0 bridgehead atoms. The predicted octanol–water partition coefficient (Wildman–Crippen LogP) is 13.8. The van der Waals surface area contributed by atoms with Crippen molar-refractivity contribution in [1.82, 2.24) is 0 Å². The average molecular weight is 859 g/mol. The van der Waals surface area contributed by atoms with Gasteiger partial charge >= 0.3 is 302 Å². The van der Waals surface area contributed by atoms with Gasteiger partial charge in [0.15, 0.2) is 0 Å². The van der Waals surface area contributed by atoms with E-state index in [2.05, 4.69) is 166 Å². The van der Waals surface area contributed by atoms with Gasteiger partial charge in [0.2, 0.25) is 0 Å². The Morgan fingerprint density at radius 2 is 0.896 bits per heavy atom. The Labute approximate surface area is 299 Å². The molecule has 2 aliphatic carbocycles. The molecular weight excluding hydrogens is 806 g/mol. The number of halogens is 2. The monoisotopic (exact) mass is 859 g/mol. The number of rotatable bonds is 7. The van der Waals surface area contributed by atoms with Crippen molar-refractivity contribution in [2.75, 3.05) is 0 Å². The van der Waals surface area contributed by atoms with E-state index in [0.29, 0.717) is 0 Å². The number of allylic oxidation sites excluding steroid dienone is 2. The molecule has 0 fully saturated rings. The second-order valence-electron chi connectivity index (χ2n) is 16.6. The van der Waals surface area contributed by atoms with Crippen LogP contribution in [0.4, 0.5) is 0 Å². The van der Waals surface area contributed by atoms with Crippen molar-refractivity contribution in [3.8, 4) is 22.3 Å². The van der Waals surface area contributed by atoms with Gasteiger partial charge in [0.1, 0.15) is 0 Å². The molecule has 0 saturated carbocycles. The molecule has 0 nitrogen and oxygen atoms in total. The molecule has 4 aromatic rings. The van der Waals surface area contributed by atoms with E-state index < -0.39 is 21.3 Å². The zero-order chi connectivity index (χ0) is 34.8. The summed E-state index contributed by atoms with van der Waals surface area (Å²) in [5, 5.41) is 0. The fourth-order valence-electron chi connectivity index (χ4n) is 8.78. The van der Waals surface area contributed by atoms with E-state index in [1.807, 2.05) is 0 Å². The summed E-state index contributed by atoms with van der Waals surface area (Å²) in [4.78, 5) is 0. The summed E-state index contributed by atoms with van der Waals surface area (Å²) in [5.41, 5.74) is 16.1.